The van der Waals surface area contributed by atoms with Crippen molar-refractivity contribution in [3.63, 3.8) is 0 Å². The van der Waals surface area contributed by atoms with E-state index < -0.39 is 0 Å². The van der Waals surface area contributed by atoms with E-state index in [2.05, 4.69) is 168 Å². The summed E-state index contributed by atoms with van der Waals surface area (Å²) in [4.78, 5) is 12.7. The Kier molecular flexibility index (Phi) is 7.40. The predicted octanol–water partition coefficient (Wildman–Crippen LogP) is 12.9. The van der Waals surface area contributed by atoms with Crippen LogP contribution in [0.2, 0.25) is 0 Å². The quantitative estimate of drug-likeness (QED) is 0.181. The number of fused-ring (bicyclic) bond motifs is 7. The summed E-state index contributed by atoms with van der Waals surface area (Å²) in [6, 6.07) is 66.7. The third-order valence-electron chi connectivity index (χ3n) is 9.82. The molecule has 0 spiro atoms. The summed E-state index contributed by atoms with van der Waals surface area (Å²) in [5.74, 6) is 0.705. The van der Waals surface area contributed by atoms with Crippen molar-refractivity contribution >= 4 is 22.7 Å². The highest BCUT2D eigenvalue weighted by Crippen LogP contribution is 2.53. The molecule has 0 fully saturated rings. The summed E-state index contributed by atoms with van der Waals surface area (Å²) < 4.78 is 2.50. The summed E-state index contributed by atoms with van der Waals surface area (Å²) in [6.07, 6.45) is 0. The van der Waals surface area contributed by atoms with E-state index in [0.717, 1.165) is 33.8 Å². The van der Waals surface area contributed by atoms with E-state index >= 15 is 0 Å². The van der Waals surface area contributed by atoms with Crippen molar-refractivity contribution in [3.05, 3.63) is 188 Å². The first-order valence-corrected chi connectivity index (χ1v) is 18.3. The van der Waals surface area contributed by atoms with Gasteiger partial charge in [-0.05, 0) is 41.5 Å². The molecule has 1 aliphatic heterocycles. The molecule has 0 N–H and O–H groups in total. The lowest BCUT2D eigenvalue weighted by Crippen LogP contribution is -2.00. The summed E-state index contributed by atoms with van der Waals surface area (Å²) >= 11 is 1.85. The Bertz CT molecular complexity index is 2690. The maximum Gasteiger partial charge on any atom is 0.160 e. The van der Waals surface area contributed by atoms with Gasteiger partial charge in [0.05, 0.1) is 22.6 Å². The summed E-state index contributed by atoms with van der Waals surface area (Å²) in [6.45, 7) is 0. The third kappa shape index (κ3) is 5.15. The minimum absolute atomic E-state index is 0.705. The highest BCUT2D eigenvalue weighted by molar-refractivity contribution is 7.99. The van der Waals surface area contributed by atoms with Crippen molar-refractivity contribution in [1.82, 2.24) is 14.5 Å². The molecule has 52 heavy (non-hydrogen) atoms. The zero-order valence-electron chi connectivity index (χ0n) is 28.1. The van der Waals surface area contributed by atoms with E-state index in [4.69, 9.17) is 9.97 Å². The number of para-hydroxylation sites is 1. The Labute approximate surface area is 306 Å². The molecular weight excluding hydrogens is 651 g/mol. The Hall–Kier alpha value is -6.49. The fraction of sp³-hybridized carbons (Fsp3) is 0. The lowest BCUT2D eigenvalue weighted by molar-refractivity contribution is 1.12. The van der Waals surface area contributed by atoms with Gasteiger partial charge >= 0.3 is 0 Å². The molecule has 7 aromatic carbocycles. The summed E-state index contributed by atoms with van der Waals surface area (Å²) in [5, 5.41) is 1.23. The largest absolute Gasteiger partial charge is 0.308 e. The maximum atomic E-state index is 5.19. The average molecular weight is 682 g/mol. The molecule has 0 aliphatic carbocycles. The number of nitrogens with zero attached hydrogens (tertiary/aromatic N) is 3. The Morgan fingerprint density at radius 2 is 0.942 bits per heavy atom. The van der Waals surface area contributed by atoms with Gasteiger partial charge in [0.2, 0.25) is 0 Å². The van der Waals surface area contributed by atoms with Crippen LogP contribution in [0.25, 0.3) is 84.0 Å². The first-order valence-electron chi connectivity index (χ1n) is 17.5. The maximum absolute atomic E-state index is 5.19. The Morgan fingerprint density at radius 3 is 1.67 bits per heavy atom. The SMILES string of the molecule is c1ccc(-c2cc(-c3cccc(-n4c5c(c6cccc(-c7ccccc7)c64)-c4ccccc4Sc4ccccc4-5)c3)nc(-c3ccccc3)n2)cc1. The van der Waals surface area contributed by atoms with Gasteiger partial charge in [-0.3, -0.25) is 0 Å². The number of hydrogen-bond acceptors (Lipinski definition) is 3. The molecule has 1 aliphatic rings. The number of rotatable bonds is 5. The van der Waals surface area contributed by atoms with E-state index in [1.165, 1.54) is 54.2 Å². The van der Waals surface area contributed by atoms with Crippen LogP contribution in [0, 0.1) is 0 Å². The fourth-order valence-corrected chi connectivity index (χ4v) is 8.56. The van der Waals surface area contributed by atoms with Crippen LogP contribution in [-0.2, 0) is 0 Å². The van der Waals surface area contributed by atoms with Crippen molar-refractivity contribution < 1.29 is 0 Å². The molecule has 0 radical (unpaired) electrons. The van der Waals surface area contributed by atoms with E-state index in [0.29, 0.717) is 5.82 Å². The zero-order chi connectivity index (χ0) is 34.4. The molecule has 3 heterocycles. The standard InChI is InChI=1S/C48H31N3S/c1-4-16-32(17-5-1)37-26-15-27-40-45-38-24-10-12-28-43(38)52-44-29-13-11-25-39(44)47(45)51(46(37)40)36-23-14-22-35(30-36)42-31-41(33-18-6-2-7-19-33)49-48(50-42)34-20-8-3-9-21-34/h1-31H. The molecule has 2 aromatic heterocycles. The van der Waals surface area contributed by atoms with Crippen LogP contribution in [0.5, 0.6) is 0 Å². The van der Waals surface area contributed by atoms with Gasteiger partial charge in [-0.1, -0.05) is 169 Å². The van der Waals surface area contributed by atoms with Crippen molar-refractivity contribution in [2.45, 2.75) is 9.79 Å². The number of aromatic nitrogens is 3. The van der Waals surface area contributed by atoms with Crippen LogP contribution < -0.4 is 0 Å². The highest BCUT2D eigenvalue weighted by atomic mass is 32.2. The van der Waals surface area contributed by atoms with Gasteiger partial charge in [0.15, 0.2) is 5.82 Å². The highest BCUT2D eigenvalue weighted by Gasteiger charge is 2.29. The molecule has 10 rings (SSSR count). The smallest absolute Gasteiger partial charge is 0.160 e. The number of hydrogen-bond donors (Lipinski definition) is 0. The second-order valence-corrected chi connectivity index (χ2v) is 14.0. The molecule has 244 valence electrons. The van der Waals surface area contributed by atoms with Gasteiger partial charge in [-0.2, -0.15) is 0 Å². The van der Waals surface area contributed by atoms with Crippen LogP contribution in [0.3, 0.4) is 0 Å². The molecule has 3 nitrogen and oxygen atoms in total. The third-order valence-corrected chi connectivity index (χ3v) is 11.0. The van der Waals surface area contributed by atoms with Gasteiger partial charge in [0.25, 0.3) is 0 Å². The monoisotopic (exact) mass is 681 g/mol. The van der Waals surface area contributed by atoms with Gasteiger partial charge in [-0.15, -0.1) is 0 Å². The molecule has 9 aromatic rings. The van der Waals surface area contributed by atoms with Crippen molar-refractivity contribution in [2.75, 3.05) is 0 Å². The van der Waals surface area contributed by atoms with Crippen LogP contribution in [0.15, 0.2) is 198 Å². The molecule has 0 saturated carbocycles. The lowest BCUT2D eigenvalue weighted by atomic mass is 9.96. The molecule has 0 atom stereocenters. The van der Waals surface area contributed by atoms with Gasteiger partial charge < -0.3 is 4.57 Å². The van der Waals surface area contributed by atoms with E-state index in [-0.39, 0.29) is 0 Å². The van der Waals surface area contributed by atoms with Crippen LogP contribution in [0.4, 0.5) is 0 Å². The summed E-state index contributed by atoms with van der Waals surface area (Å²) in [5.41, 5.74) is 14.4. The van der Waals surface area contributed by atoms with Crippen molar-refractivity contribution in [1.29, 1.82) is 0 Å². The molecule has 0 bridgehead atoms. The molecule has 0 amide bonds. The van der Waals surface area contributed by atoms with Gasteiger partial charge in [0, 0.05) is 54.2 Å². The van der Waals surface area contributed by atoms with Crippen molar-refractivity contribution in [3.8, 4) is 73.1 Å². The minimum Gasteiger partial charge on any atom is -0.308 e. The minimum atomic E-state index is 0.705. The Morgan fingerprint density at radius 1 is 0.404 bits per heavy atom. The zero-order valence-corrected chi connectivity index (χ0v) is 29.0. The fourth-order valence-electron chi connectivity index (χ4n) is 7.48. The second-order valence-electron chi connectivity index (χ2n) is 13.0. The van der Waals surface area contributed by atoms with Gasteiger partial charge in [-0.25, -0.2) is 9.97 Å². The predicted molar refractivity (Wildman–Crippen MR) is 216 cm³/mol. The molecule has 4 heteroatoms. The van der Waals surface area contributed by atoms with Crippen LogP contribution in [-0.4, -0.2) is 14.5 Å². The first kappa shape index (κ1) is 30.3. The Balaban J connectivity index is 1.28. The average Bonchev–Trinajstić information content (AvgIpc) is 3.49. The van der Waals surface area contributed by atoms with Crippen molar-refractivity contribution in [2.24, 2.45) is 0 Å². The lowest BCUT2D eigenvalue weighted by Gasteiger charge is -2.17. The van der Waals surface area contributed by atoms with Crippen LogP contribution >= 0.6 is 11.8 Å². The normalized spacial score (nSPS) is 11.8. The summed E-state index contributed by atoms with van der Waals surface area (Å²) in [7, 11) is 0. The van der Waals surface area contributed by atoms with Gasteiger partial charge in [0.1, 0.15) is 0 Å². The second kappa shape index (κ2) is 12.7. The molecule has 0 unspecified atom stereocenters. The first-order chi connectivity index (χ1) is 25.8. The van der Waals surface area contributed by atoms with E-state index in [1.54, 1.807) is 0 Å². The van der Waals surface area contributed by atoms with E-state index in [1.807, 2.05) is 36.0 Å². The van der Waals surface area contributed by atoms with Crippen LogP contribution in [0.1, 0.15) is 0 Å². The molecular formula is C48H31N3S. The molecule has 0 saturated heterocycles. The number of benzene rings is 7. The topological polar surface area (TPSA) is 30.7 Å². The van der Waals surface area contributed by atoms with E-state index in [9.17, 15) is 0 Å².